The molecule has 3 N–H and O–H groups in total. The number of carbonyl (C=O) groups excluding carboxylic acids is 1. The van der Waals surface area contributed by atoms with Crippen LogP contribution in [0.5, 0.6) is 0 Å². The van der Waals surface area contributed by atoms with E-state index in [0.29, 0.717) is 18.2 Å². The molecule has 1 aromatic carbocycles. The molecule has 1 heterocycles. The summed E-state index contributed by atoms with van der Waals surface area (Å²) < 4.78 is 0. The number of rotatable bonds is 6. The summed E-state index contributed by atoms with van der Waals surface area (Å²) in [6, 6.07) is 9.42. The maximum Gasteiger partial charge on any atom is 0.273 e. The first-order valence-corrected chi connectivity index (χ1v) is 7.09. The molecule has 0 aliphatic carbocycles. The first kappa shape index (κ1) is 18.1. The summed E-state index contributed by atoms with van der Waals surface area (Å²) in [4.78, 5) is 13.6. The van der Waals surface area contributed by atoms with Crippen LogP contribution in [-0.2, 0) is 0 Å². The molecule has 0 saturated carbocycles. The van der Waals surface area contributed by atoms with Crippen LogP contribution in [0.2, 0.25) is 0 Å². The fraction of sp³-hybridized carbons (Fsp3) is 0.400. The Bertz CT molecular complexity index is 585. The molecule has 6 nitrogen and oxygen atoms in total. The lowest BCUT2D eigenvalue weighted by atomic mass is 10.0. The van der Waals surface area contributed by atoms with Gasteiger partial charge in [-0.2, -0.15) is 9.90 Å². The Balaban J connectivity index is 0.00000242. The molecule has 120 valence electrons. The van der Waals surface area contributed by atoms with Gasteiger partial charge in [-0.15, -0.1) is 17.5 Å². The van der Waals surface area contributed by atoms with E-state index in [2.05, 4.69) is 29.4 Å². The number of hydrogen-bond donors (Lipinski definition) is 2. The van der Waals surface area contributed by atoms with Gasteiger partial charge >= 0.3 is 0 Å². The second-order valence-electron chi connectivity index (χ2n) is 5.39. The number of nitrogens with one attached hydrogen (secondary N) is 1. The number of para-hydroxylation sites is 1. The first-order valence-electron chi connectivity index (χ1n) is 7.09. The van der Waals surface area contributed by atoms with E-state index in [1.54, 1.807) is 0 Å². The van der Waals surface area contributed by atoms with Gasteiger partial charge in [-0.25, -0.2) is 0 Å². The van der Waals surface area contributed by atoms with Crippen LogP contribution in [0.25, 0.3) is 5.69 Å². The SMILES string of the molecule is CC(C)CC(CN)NC(=O)c1cnn(-c2ccccc2)n1.Cl. The summed E-state index contributed by atoms with van der Waals surface area (Å²) in [5.74, 6) is 0.229. The van der Waals surface area contributed by atoms with Crippen LogP contribution in [0.1, 0.15) is 30.8 Å². The molecular formula is C15H22ClN5O. The third-order valence-electron chi connectivity index (χ3n) is 3.09. The smallest absolute Gasteiger partial charge is 0.273 e. The number of carbonyl (C=O) groups is 1. The zero-order chi connectivity index (χ0) is 15.2. The van der Waals surface area contributed by atoms with Crippen LogP contribution < -0.4 is 11.1 Å². The highest BCUT2D eigenvalue weighted by atomic mass is 35.5. The summed E-state index contributed by atoms with van der Waals surface area (Å²) in [5.41, 5.74) is 6.79. The Morgan fingerprint density at radius 2 is 2.00 bits per heavy atom. The van der Waals surface area contributed by atoms with Gasteiger partial charge in [0.15, 0.2) is 5.69 Å². The Morgan fingerprint density at radius 3 is 2.59 bits per heavy atom. The van der Waals surface area contributed by atoms with Gasteiger partial charge in [0, 0.05) is 12.6 Å². The minimum atomic E-state index is -0.242. The van der Waals surface area contributed by atoms with E-state index in [4.69, 9.17) is 5.73 Å². The second kappa shape index (κ2) is 8.51. The molecule has 1 atom stereocenters. The van der Waals surface area contributed by atoms with Crippen molar-refractivity contribution in [2.45, 2.75) is 26.3 Å². The van der Waals surface area contributed by atoms with E-state index < -0.39 is 0 Å². The Morgan fingerprint density at radius 1 is 1.32 bits per heavy atom. The van der Waals surface area contributed by atoms with Crippen molar-refractivity contribution in [2.24, 2.45) is 11.7 Å². The minimum absolute atomic E-state index is 0. The summed E-state index contributed by atoms with van der Waals surface area (Å²) in [5, 5.41) is 11.2. The van der Waals surface area contributed by atoms with E-state index in [-0.39, 0.29) is 24.4 Å². The van der Waals surface area contributed by atoms with E-state index in [0.717, 1.165) is 12.1 Å². The predicted molar refractivity (Wildman–Crippen MR) is 88.4 cm³/mol. The quantitative estimate of drug-likeness (QED) is 0.848. The average molecular weight is 324 g/mol. The normalized spacial score (nSPS) is 11.8. The lowest BCUT2D eigenvalue weighted by molar-refractivity contribution is 0.0928. The van der Waals surface area contributed by atoms with Crippen LogP contribution in [0.3, 0.4) is 0 Å². The highest BCUT2D eigenvalue weighted by Crippen LogP contribution is 2.06. The van der Waals surface area contributed by atoms with Gasteiger partial charge in [-0.05, 0) is 24.5 Å². The summed E-state index contributed by atoms with van der Waals surface area (Å²) in [7, 11) is 0. The standard InChI is InChI=1S/C15H21N5O.ClH/c1-11(2)8-12(9-16)18-15(21)14-10-17-20(19-14)13-6-4-3-5-7-13;/h3-7,10-12H,8-9,16H2,1-2H3,(H,18,21);1H. The topological polar surface area (TPSA) is 85.8 Å². The average Bonchev–Trinajstić information content (AvgIpc) is 2.97. The number of hydrogen-bond acceptors (Lipinski definition) is 4. The Labute approximate surface area is 136 Å². The zero-order valence-corrected chi connectivity index (χ0v) is 13.6. The molecule has 22 heavy (non-hydrogen) atoms. The van der Waals surface area contributed by atoms with Crippen molar-refractivity contribution < 1.29 is 4.79 Å². The minimum Gasteiger partial charge on any atom is -0.347 e. The number of aromatic nitrogens is 3. The molecule has 2 aromatic rings. The van der Waals surface area contributed by atoms with Gasteiger partial charge in [0.25, 0.3) is 5.91 Å². The Kier molecular flexibility index (Phi) is 7.01. The van der Waals surface area contributed by atoms with Crippen LogP contribution in [-0.4, -0.2) is 33.5 Å². The van der Waals surface area contributed by atoms with Gasteiger partial charge in [0.1, 0.15) is 0 Å². The van der Waals surface area contributed by atoms with Crippen molar-refractivity contribution in [3.05, 3.63) is 42.2 Å². The molecule has 0 radical (unpaired) electrons. The third-order valence-corrected chi connectivity index (χ3v) is 3.09. The van der Waals surface area contributed by atoms with Gasteiger partial charge < -0.3 is 11.1 Å². The molecule has 0 bridgehead atoms. The number of nitrogens with two attached hydrogens (primary N) is 1. The molecule has 0 saturated heterocycles. The molecule has 0 spiro atoms. The lowest BCUT2D eigenvalue weighted by Gasteiger charge is -2.17. The van der Waals surface area contributed by atoms with Crippen molar-refractivity contribution in [3.63, 3.8) is 0 Å². The van der Waals surface area contributed by atoms with Crippen molar-refractivity contribution >= 4 is 18.3 Å². The molecule has 1 unspecified atom stereocenters. The van der Waals surface area contributed by atoms with Crippen LogP contribution in [0.4, 0.5) is 0 Å². The molecule has 1 aromatic heterocycles. The first-order chi connectivity index (χ1) is 10.1. The molecule has 1 amide bonds. The molecule has 0 aliphatic heterocycles. The number of amides is 1. The van der Waals surface area contributed by atoms with Crippen LogP contribution in [0.15, 0.2) is 36.5 Å². The largest absolute Gasteiger partial charge is 0.347 e. The van der Waals surface area contributed by atoms with Crippen LogP contribution >= 0.6 is 12.4 Å². The maximum atomic E-state index is 12.2. The highest BCUT2D eigenvalue weighted by molar-refractivity contribution is 5.92. The maximum absolute atomic E-state index is 12.2. The van der Waals surface area contributed by atoms with Crippen LogP contribution in [0, 0.1) is 5.92 Å². The summed E-state index contributed by atoms with van der Waals surface area (Å²) >= 11 is 0. The van der Waals surface area contributed by atoms with E-state index in [1.165, 1.54) is 11.0 Å². The Hall–Kier alpha value is -1.92. The number of benzene rings is 1. The van der Waals surface area contributed by atoms with E-state index in [9.17, 15) is 4.79 Å². The number of halogens is 1. The van der Waals surface area contributed by atoms with Crippen molar-refractivity contribution in [1.29, 1.82) is 0 Å². The van der Waals surface area contributed by atoms with Crippen molar-refractivity contribution in [3.8, 4) is 5.69 Å². The summed E-state index contributed by atoms with van der Waals surface area (Å²) in [6.45, 7) is 4.61. The van der Waals surface area contributed by atoms with Crippen molar-refractivity contribution in [2.75, 3.05) is 6.54 Å². The van der Waals surface area contributed by atoms with E-state index in [1.807, 2.05) is 30.3 Å². The van der Waals surface area contributed by atoms with Gasteiger partial charge in [-0.1, -0.05) is 32.0 Å². The molecule has 7 heteroatoms. The predicted octanol–water partition coefficient (Wildman–Crippen LogP) is 1.79. The van der Waals surface area contributed by atoms with E-state index >= 15 is 0 Å². The second-order valence-corrected chi connectivity index (χ2v) is 5.39. The third kappa shape index (κ3) is 4.82. The lowest BCUT2D eigenvalue weighted by Crippen LogP contribution is -2.41. The fourth-order valence-corrected chi connectivity index (χ4v) is 2.10. The summed E-state index contributed by atoms with van der Waals surface area (Å²) in [6.07, 6.45) is 2.31. The molecule has 0 aliphatic rings. The molecule has 2 rings (SSSR count). The number of nitrogens with zero attached hydrogens (tertiary/aromatic N) is 3. The fourth-order valence-electron chi connectivity index (χ4n) is 2.10. The zero-order valence-electron chi connectivity index (χ0n) is 12.8. The molecular weight excluding hydrogens is 302 g/mol. The molecule has 0 fully saturated rings. The van der Waals surface area contributed by atoms with Gasteiger partial charge in [0.2, 0.25) is 0 Å². The van der Waals surface area contributed by atoms with Gasteiger partial charge in [-0.3, -0.25) is 4.79 Å². The highest BCUT2D eigenvalue weighted by Gasteiger charge is 2.16. The monoisotopic (exact) mass is 323 g/mol. The van der Waals surface area contributed by atoms with Crippen molar-refractivity contribution in [1.82, 2.24) is 20.3 Å². The van der Waals surface area contributed by atoms with Gasteiger partial charge in [0.05, 0.1) is 11.9 Å².